The molecule has 21 heavy (non-hydrogen) atoms. The Morgan fingerprint density at radius 1 is 1.29 bits per heavy atom. The molecule has 1 aliphatic carbocycles. The van der Waals surface area contributed by atoms with Gasteiger partial charge in [-0.1, -0.05) is 18.2 Å². The molecular formula is C18H23N3. The zero-order chi connectivity index (χ0) is 14.7. The van der Waals surface area contributed by atoms with Crippen LogP contribution in [0.25, 0.3) is 0 Å². The number of aromatic nitrogens is 1. The fourth-order valence-corrected chi connectivity index (χ4v) is 3.23. The maximum atomic E-state index is 6.08. The second-order valence-corrected chi connectivity index (χ2v) is 5.97. The SMILES string of the molecule is CN(CCc1cccnc1)C1CCc2c(N)cccc2C1. The molecule has 1 heterocycles. The number of nitrogens with zero attached hydrogens (tertiary/aromatic N) is 2. The van der Waals surface area contributed by atoms with Gasteiger partial charge in [-0.15, -0.1) is 0 Å². The average molecular weight is 281 g/mol. The van der Waals surface area contributed by atoms with Gasteiger partial charge in [0.2, 0.25) is 0 Å². The van der Waals surface area contributed by atoms with Crippen molar-refractivity contribution in [2.24, 2.45) is 0 Å². The lowest BCUT2D eigenvalue weighted by Crippen LogP contribution is -2.37. The summed E-state index contributed by atoms with van der Waals surface area (Å²) < 4.78 is 0. The van der Waals surface area contributed by atoms with Crippen molar-refractivity contribution in [2.45, 2.75) is 31.7 Å². The van der Waals surface area contributed by atoms with Gasteiger partial charge >= 0.3 is 0 Å². The van der Waals surface area contributed by atoms with Gasteiger partial charge in [-0.3, -0.25) is 4.98 Å². The molecule has 3 rings (SSSR count). The number of likely N-dealkylation sites (N-methyl/N-ethyl adjacent to an activating group) is 1. The highest BCUT2D eigenvalue weighted by Crippen LogP contribution is 2.28. The molecule has 0 saturated heterocycles. The minimum Gasteiger partial charge on any atom is -0.398 e. The van der Waals surface area contributed by atoms with E-state index in [1.807, 2.05) is 24.5 Å². The molecule has 1 aliphatic rings. The molecule has 0 radical (unpaired) electrons. The van der Waals surface area contributed by atoms with E-state index >= 15 is 0 Å². The fourth-order valence-electron chi connectivity index (χ4n) is 3.23. The van der Waals surface area contributed by atoms with Crippen LogP contribution in [0.15, 0.2) is 42.7 Å². The van der Waals surface area contributed by atoms with Gasteiger partial charge in [0.1, 0.15) is 0 Å². The Morgan fingerprint density at radius 3 is 3.00 bits per heavy atom. The zero-order valence-corrected chi connectivity index (χ0v) is 12.6. The van der Waals surface area contributed by atoms with Crippen LogP contribution in [0, 0.1) is 0 Å². The topological polar surface area (TPSA) is 42.2 Å². The van der Waals surface area contributed by atoms with Crippen LogP contribution in [0.2, 0.25) is 0 Å². The normalized spacial score (nSPS) is 17.7. The monoisotopic (exact) mass is 281 g/mol. The number of pyridine rings is 1. The highest BCUT2D eigenvalue weighted by atomic mass is 15.1. The van der Waals surface area contributed by atoms with E-state index in [9.17, 15) is 0 Å². The molecule has 0 bridgehead atoms. The van der Waals surface area contributed by atoms with Crippen molar-refractivity contribution in [1.29, 1.82) is 0 Å². The number of hydrogen-bond donors (Lipinski definition) is 1. The Kier molecular flexibility index (Phi) is 4.20. The van der Waals surface area contributed by atoms with Crippen molar-refractivity contribution in [1.82, 2.24) is 9.88 Å². The summed E-state index contributed by atoms with van der Waals surface area (Å²) >= 11 is 0. The molecule has 2 aromatic rings. The highest BCUT2D eigenvalue weighted by Gasteiger charge is 2.22. The molecule has 1 atom stereocenters. The third kappa shape index (κ3) is 3.24. The minimum atomic E-state index is 0.621. The number of rotatable bonds is 4. The first-order valence-corrected chi connectivity index (χ1v) is 7.69. The van der Waals surface area contributed by atoms with E-state index in [4.69, 9.17) is 5.73 Å². The molecule has 0 spiro atoms. The first-order valence-electron chi connectivity index (χ1n) is 7.69. The molecule has 0 saturated carbocycles. The highest BCUT2D eigenvalue weighted by molar-refractivity contribution is 5.52. The van der Waals surface area contributed by atoms with Crippen LogP contribution in [-0.2, 0) is 19.3 Å². The van der Waals surface area contributed by atoms with Crippen LogP contribution in [0.5, 0.6) is 0 Å². The molecule has 3 heteroatoms. The second-order valence-electron chi connectivity index (χ2n) is 5.97. The van der Waals surface area contributed by atoms with Crippen LogP contribution in [0.1, 0.15) is 23.1 Å². The van der Waals surface area contributed by atoms with Crippen molar-refractivity contribution in [3.63, 3.8) is 0 Å². The molecule has 0 aliphatic heterocycles. The maximum absolute atomic E-state index is 6.08. The summed E-state index contributed by atoms with van der Waals surface area (Å²) in [6, 6.07) is 11.1. The lowest BCUT2D eigenvalue weighted by Gasteiger charge is -2.33. The van der Waals surface area contributed by atoms with Crippen LogP contribution >= 0.6 is 0 Å². The Balaban J connectivity index is 1.60. The molecule has 1 aromatic carbocycles. The average Bonchev–Trinajstić information content (AvgIpc) is 2.53. The Bertz CT molecular complexity index is 595. The van der Waals surface area contributed by atoms with Crippen molar-refractivity contribution >= 4 is 5.69 Å². The number of benzene rings is 1. The summed E-state index contributed by atoms with van der Waals surface area (Å²) in [5, 5.41) is 0. The van der Waals surface area contributed by atoms with E-state index in [1.165, 1.54) is 23.1 Å². The van der Waals surface area contributed by atoms with Gasteiger partial charge in [0, 0.05) is 30.7 Å². The van der Waals surface area contributed by atoms with Crippen molar-refractivity contribution < 1.29 is 0 Å². The van der Waals surface area contributed by atoms with Crippen LogP contribution in [0.4, 0.5) is 5.69 Å². The predicted molar refractivity (Wildman–Crippen MR) is 87.2 cm³/mol. The molecule has 3 nitrogen and oxygen atoms in total. The summed E-state index contributed by atoms with van der Waals surface area (Å²) in [6.07, 6.45) is 8.27. The summed E-state index contributed by atoms with van der Waals surface area (Å²) in [4.78, 5) is 6.67. The third-order valence-corrected chi connectivity index (χ3v) is 4.59. The second kappa shape index (κ2) is 6.27. The fraction of sp³-hybridized carbons (Fsp3) is 0.389. The molecular weight excluding hydrogens is 258 g/mol. The lowest BCUT2D eigenvalue weighted by molar-refractivity contribution is 0.224. The number of nitrogen functional groups attached to an aromatic ring is 1. The smallest absolute Gasteiger partial charge is 0.0349 e. The van der Waals surface area contributed by atoms with E-state index in [2.05, 4.69) is 35.1 Å². The van der Waals surface area contributed by atoms with Crippen molar-refractivity contribution in [3.05, 3.63) is 59.4 Å². The largest absolute Gasteiger partial charge is 0.398 e. The molecule has 110 valence electrons. The molecule has 0 fully saturated rings. The molecule has 2 N–H and O–H groups in total. The predicted octanol–water partition coefficient (Wildman–Crippen LogP) is 2.70. The van der Waals surface area contributed by atoms with Gasteiger partial charge < -0.3 is 10.6 Å². The van der Waals surface area contributed by atoms with Gasteiger partial charge in [-0.2, -0.15) is 0 Å². The van der Waals surface area contributed by atoms with E-state index in [-0.39, 0.29) is 0 Å². The van der Waals surface area contributed by atoms with Gasteiger partial charge in [0.05, 0.1) is 0 Å². The number of hydrogen-bond acceptors (Lipinski definition) is 3. The number of anilines is 1. The number of nitrogens with two attached hydrogens (primary N) is 1. The first kappa shape index (κ1) is 14.1. The summed E-state index contributed by atoms with van der Waals surface area (Å²) in [5.74, 6) is 0. The first-order chi connectivity index (χ1) is 10.2. The standard InChI is InChI=1S/C18H23N3/c1-21(11-9-14-4-3-10-20-13-14)16-7-8-17-15(12-16)5-2-6-18(17)19/h2-6,10,13,16H,7-9,11-12,19H2,1H3. The Labute approximate surface area is 126 Å². The molecule has 1 unspecified atom stereocenters. The van der Waals surface area contributed by atoms with E-state index in [0.29, 0.717) is 6.04 Å². The van der Waals surface area contributed by atoms with E-state index < -0.39 is 0 Å². The van der Waals surface area contributed by atoms with Gasteiger partial charge in [0.15, 0.2) is 0 Å². The van der Waals surface area contributed by atoms with Crippen molar-refractivity contribution in [3.8, 4) is 0 Å². The summed E-state index contributed by atoms with van der Waals surface area (Å²) in [7, 11) is 2.23. The zero-order valence-electron chi connectivity index (χ0n) is 12.6. The summed E-state index contributed by atoms with van der Waals surface area (Å²) in [6.45, 7) is 1.08. The third-order valence-electron chi connectivity index (χ3n) is 4.59. The quantitative estimate of drug-likeness (QED) is 0.876. The lowest BCUT2D eigenvalue weighted by atomic mass is 9.86. The van der Waals surface area contributed by atoms with Crippen LogP contribution in [0.3, 0.4) is 0 Å². The minimum absolute atomic E-state index is 0.621. The Morgan fingerprint density at radius 2 is 2.19 bits per heavy atom. The summed E-state index contributed by atoms with van der Waals surface area (Å²) in [5.41, 5.74) is 11.1. The molecule has 0 amide bonds. The van der Waals surface area contributed by atoms with Crippen LogP contribution < -0.4 is 5.73 Å². The number of fused-ring (bicyclic) bond motifs is 1. The van der Waals surface area contributed by atoms with Crippen molar-refractivity contribution in [2.75, 3.05) is 19.3 Å². The maximum Gasteiger partial charge on any atom is 0.0349 e. The van der Waals surface area contributed by atoms with E-state index in [1.54, 1.807) is 0 Å². The van der Waals surface area contributed by atoms with Gasteiger partial charge in [0.25, 0.3) is 0 Å². The van der Waals surface area contributed by atoms with Gasteiger partial charge in [-0.05, 0) is 61.6 Å². The van der Waals surface area contributed by atoms with Gasteiger partial charge in [-0.25, -0.2) is 0 Å². The van der Waals surface area contributed by atoms with E-state index in [0.717, 1.165) is 31.5 Å². The molecule has 1 aromatic heterocycles. The van der Waals surface area contributed by atoms with Crippen LogP contribution in [-0.4, -0.2) is 29.5 Å². The Hall–Kier alpha value is -1.87.